The molecule has 1 saturated carbocycles. The van der Waals surface area contributed by atoms with E-state index >= 15 is 0 Å². The van der Waals surface area contributed by atoms with Crippen molar-refractivity contribution < 1.29 is 0 Å². The second-order valence-corrected chi connectivity index (χ2v) is 11.4. The highest BCUT2D eigenvalue weighted by atomic mass is 14.2. The zero-order chi connectivity index (χ0) is 23.9. The molecule has 0 aliphatic heterocycles. The van der Waals surface area contributed by atoms with Crippen LogP contribution in [0.5, 0.6) is 0 Å². The van der Waals surface area contributed by atoms with Crippen LogP contribution in [0.1, 0.15) is 117 Å². The molecule has 0 radical (unpaired) electrons. The number of aryl methyl sites for hydroxylation is 2. The van der Waals surface area contributed by atoms with E-state index in [0.717, 1.165) is 23.7 Å². The molecule has 0 aromatic heterocycles. The highest BCUT2D eigenvalue weighted by molar-refractivity contribution is 5.19. The minimum absolute atomic E-state index is 0.943. The molecule has 0 amide bonds. The molecule has 32 heavy (non-hydrogen) atoms. The molecule has 0 N–H and O–H groups in total. The zero-order valence-corrected chi connectivity index (χ0v) is 22.8. The van der Waals surface area contributed by atoms with E-state index < -0.39 is 0 Å². The fourth-order valence-electron chi connectivity index (χ4n) is 4.26. The highest BCUT2D eigenvalue weighted by Gasteiger charge is 2.13. The lowest BCUT2D eigenvalue weighted by Gasteiger charge is -2.22. The Hall–Kier alpha value is -1.30. The van der Waals surface area contributed by atoms with E-state index in [1.54, 1.807) is 11.1 Å². The van der Waals surface area contributed by atoms with Crippen molar-refractivity contribution in [3.05, 3.63) is 58.7 Å². The van der Waals surface area contributed by atoms with Crippen molar-refractivity contribution >= 4 is 0 Å². The maximum absolute atomic E-state index is 2.37. The number of rotatable bonds is 0. The lowest BCUT2D eigenvalue weighted by molar-refractivity contribution is 0.308. The molecule has 3 aliphatic carbocycles. The first-order valence-corrected chi connectivity index (χ1v) is 13.5. The van der Waals surface area contributed by atoms with Gasteiger partial charge >= 0.3 is 0 Å². The van der Waals surface area contributed by atoms with Crippen molar-refractivity contribution in [2.75, 3.05) is 0 Å². The quantitative estimate of drug-likeness (QED) is 0.353. The number of hydrogen-bond donors (Lipinski definition) is 0. The number of allylic oxidation sites excluding steroid dienone is 4. The summed E-state index contributed by atoms with van der Waals surface area (Å²) in [6.07, 6.45) is 18.7. The van der Waals surface area contributed by atoms with E-state index in [1.165, 1.54) is 75.3 Å². The Morgan fingerprint density at radius 1 is 0.469 bits per heavy atom. The smallest absolute Gasteiger partial charge is 0.0320 e. The van der Waals surface area contributed by atoms with Crippen LogP contribution in [0.25, 0.3) is 0 Å². The normalized spacial score (nSPS) is 27.1. The predicted molar refractivity (Wildman–Crippen MR) is 146 cm³/mol. The largest absolute Gasteiger partial charge is 0.0853 e. The summed E-state index contributed by atoms with van der Waals surface area (Å²) in [6, 6.07) is 8.48. The van der Waals surface area contributed by atoms with Gasteiger partial charge in [-0.15, -0.1) is 0 Å². The monoisotopic (exact) mass is 438 g/mol. The van der Waals surface area contributed by atoms with Crippen LogP contribution < -0.4 is 0 Å². The molecule has 182 valence electrons. The third-order valence-corrected chi connectivity index (χ3v) is 7.32. The molecule has 4 rings (SSSR count). The number of hydrogen-bond acceptors (Lipinski definition) is 0. The summed E-state index contributed by atoms with van der Waals surface area (Å²) >= 11 is 0. The Labute approximate surface area is 202 Å². The Morgan fingerprint density at radius 2 is 0.781 bits per heavy atom. The predicted octanol–water partition coefficient (Wildman–Crippen LogP) is 10.6. The summed E-state index contributed by atoms with van der Waals surface area (Å²) in [7, 11) is 0. The maximum atomic E-state index is 2.37. The first kappa shape index (κ1) is 28.7. The van der Waals surface area contributed by atoms with Crippen molar-refractivity contribution in [2.24, 2.45) is 23.7 Å². The molecular weight excluding hydrogens is 384 g/mol. The average molecular weight is 439 g/mol. The van der Waals surface area contributed by atoms with Gasteiger partial charge in [0.15, 0.2) is 0 Å². The van der Waals surface area contributed by atoms with Gasteiger partial charge in [0.2, 0.25) is 0 Å². The molecule has 1 aromatic rings. The van der Waals surface area contributed by atoms with Gasteiger partial charge in [0.1, 0.15) is 0 Å². The first-order valence-electron chi connectivity index (χ1n) is 13.5. The molecule has 0 heteroatoms. The molecular formula is C32H54. The molecule has 0 nitrogen and oxygen atoms in total. The van der Waals surface area contributed by atoms with Gasteiger partial charge in [0.05, 0.1) is 0 Å². The summed E-state index contributed by atoms with van der Waals surface area (Å²) in [4.78, 5) is 0. The molecule has 3 aliphatic rings. The van der Waals surface area contributed by atoms with Gasteiger partial charge in [0.25, 0.3) is 0 Å². The van der Waals surface area contributed by atoms with Crippen LogP contribution in [0.2, 0.25) is 0 Å². The Kier molecular flexibility index (Phi) is 14.7. The van der Waals surface area contributed by atoms with Crippen LogP contribution in [-0.4, -0.2) is 0 Å². The average Bonchev–Trinajstić information content (AvgIpc) is 2.78. The van der Waals surface area contributed by atoms with Gasteiger partial charge in [-0.25, -0.2) is 0 Å². The van der Waals surface area contributed by atoms with Crippen LogP contribution >= 0.6 is 0 Å². The third-order valence-electron chi connectivity index (χ3n) is 7.32. The summed E-state index contributed by atoms with van der Waals surface area (Å²) in [5.74, 6) is 3.93. The van der Waals surface area contributed by atoms with Crippen LogP contribution in [0, 0.1) is 37.5 Å². The lowest BCUT2D eigenvalue weighted by Crippen LogP contribution is -2.08. The van der Waals surface area contributed by atoms with Gasteiger partial charge in [0, 0.05) is 0 Å². The van der Waals surface area contributed by atoms with Crippen LogP contribution in [-0.2, 0) is 0 Å². The van der Waals surface area contributed by atoms with Gasteiger partial charge in [-0.1, -0.05) is 112 Å². The molecule has 0 saturated heterocycles. The van der Waals surface area contributed by atoms with Crippen molar-refractivity contribution in [3.63, 3.8) is 0 Å². The second kappa shape index (κ2) is 16.3. The second-order valence-electron chi connectivity index (χ2n) is 11.4. The first-order chi connectivity index (χ1) is 15.2. The molecule has 2 atom stereocenters. The van der Waals surface area contributed by atoms with E-state index in [-0.39, 0.29) is 0 Å². The van der Waals surface area contributed by atoms with Gasteiger partial charge < -0.3 is 0 Å². The van der Waals surface area contributed by atoms with Crippen molar-refractivity contribution in [3.8, 4) is 0 Å². The summed E-state index contributed by atoms with van der Waals surface area (Å²) in [6.45, 7) is 18.0. The van der Waals surface area contributed by atoms with Crippen molar-refractivity contribution in [1.82, 2.24) is 0 Å². The van der Waals surface area contributed by atoms with E-state index in [4.69, 9.17) is 0 Å². The van der Waals surface area contributed by atoms with Crippen LogP contribution in [0.15, 0.2) is 47.6 Å². The van der Waals surface area contributed by atoms with E-state index in [9.17, 15) is 0 Å². The lowest BCUT2D eigenvalue weighted by atomic mass is 9.84. The van der Waals surface area contributed by atoms with Crippen molar-refractivity contribution in [2.45, 2.75) is 120 Å². The standard InChI is InChI=1S/C8H16.2C8H14.C8H10/c4*1-7-3-5-8(2)6-4-7/h7-8H,3-6H2,1-2H3;2*3,8H,4-6H2,1-2H3;3-6H,1-2H3. The van der Waals surface area contributed by atoms with Crippen LogP contribution in [0.4, 0.5) is 0 Å². The SMILES string of the molecule is CC1=CCC(C)CC1.CC1=CCC(C)CC1.CC1CCC(C)CC1.Cc1ccc(C)cc1. The van der Waals surface area contributed by atoms with E-state index in [0.29, 0.717) is 0 Å². The topological polar surface area (TPSA) is 0 Å². The zero-order valence-electron chi connectivity index (χ0n) is 22.8. The maximum Gasteiger partial charge on any atom is -0.0320 e. The summed E-state index contributed by atoms with van der Waals surface area (Å²) < 4.78 is 0. The molecule has 0 bridgehead atoms. The fraction of sp³-hybridized carbons (Fsp3) is 0.688. The Morgan fingerprint density at radius 3 is 1.00 bits per heavy atom. The number of benzene rings is 1. The van der Waals surface area contributed by atoms with Gasteiger partial charge in [-0.3, -0.25) is 0 Å². The minimum atomic E-state index is 0.943. The van der Waals surface area contributed by atoms with Gasteiger partial charge in [-0.2, -0.15) is 0 Å². The highest BCUT2D eigenvalue weighted by Crippen LogP contribution is 2.27. The molecule has 1 aromatic carbocycles. The molecule has 0 spiro atoms. The third kappa shape index (κ3) is 14.7. The van der Waals surface area contributed by atoms with E-state index in [1.807, 2.05) is 0 Å². The Bertz CT molecular complexity index is 593. The summed E-state index contributed by atoms with van der Waals surface area (Å²) in [5, 5.41) is 0. The molecule has 2 unspecified atom stereocenters. The van der Waals surface area contributed by atoms with Crippen molar-refractivity contribution in [1.29, 1.82) is 0 Å². The minimum Gasteiger partial charge on any atom is -0.0853 e. The van der Waals surface area contributed by atoms with Crippen LogP contribution in [0.3, 0.4) is 0 Å². The van der Waals surface area contributed by atoms with E-state index in [2.05, 4.69) is 91.8 Å². The van der Waals surface area contributed by atoms with Gasteiger partial charge in [-0.05, 0) is 89.9 Å². The Balaban J connectivity index is 0.000000213. The molecule has 1 fully saturated rings. The molecule has 0 heterocycles. The summed E-state index contributed by atoms with van der Waals surface area (Å²) in [5.41, 5.74) is 5.83. The fourth-order valence-corrected chi connectivity index (χ4v) is 4.26.